The van der Waals surface area contributed by atoms with Crippen molar-refractivity contribution < 1.29 is 8.78 Å². The Bertz CT molecular complexity index is 1380. The lowest BCUT2D eigenvalue weighted by atomic mass is 9.84. The van der Waals surface area contributed by atoms with Crippen molar-refractivity contribution in [3.63, 3.8) is 0 Å². The molecule has 0 saturated carbocycles. The van der Waals surface area contributed by atoms with Gasteiger partial charge < -0.3 is 15.1 Å². The highest BCUT2D eigenvalue weighted by atomic mass is 19.1. The monoisotopic (exact) mass is 465 g/mol. The zero-order chi connectivity index (χ0) is 24.0. The maximum Gasteiger partial charge on any atom is 0.263 e. The Morgan fingerprint density at radius 2 is 1.74 bits per heavy atom. The largest absolute Gasteiger partial charge is 0.338 e. The molecule has 2 unspecified atom stereocenters. The molecule has 2 atom stereocenters. The van der Waals surface area contributed by atoms with Crippen LogP contribution < -0.4 is 15.8 Å². The zero-order valence-electron chi connectivity index (χ0n) is 19.1. The summed E-state index contributed by atoms with van der Waals surface area (Å²) in [7, 11) is 5.87. The summed E-state index contributed by atoms with van der Waals surface area (Å²) in [5.74, 6) is -0.244. The molecule has 3 heterocycles. The van der Waals surface area contributed by atoms with Crippen LogP contribution in [0.15, 0.2) is 59.5 Å². The number of benzene rings is 2. The molecule has 10 heteroatoms. The third-order valence-corrected chi connectivity index (χ3v) is 6.63. The second kappa shape index (κ2) is 8.30. The fraction of sp³-hybridized carbons (Fsp3) is 0.292. The van der Waals surface area contributed by atoms with E-state index in [1.165, 1.54) is 35.1 Å². The van der Waals surface area contributed by atoms with Gasteiger partial charge in [-0.25, -0.2) is 13.5 Å². The first-order valence-corrected chi connectivity index (χ1v) is 10.9. The summed E-state index contributed by atoms with van der Waals surface area (Å²) in [4.78, 5) is 24.7. The van der Waals surface area contributed by atoms with Gasteiger partial charge in [0.15, 0.2) is 5.65 Å². The molecular weight excluding hydrogens is 440 g/mol. The number of aromatic amines is 1. The Balaban J connectivity index is 1.59. The minimum atomic E-state index is -0.526. The van der Waals surface area contributed by atoms with Crippen molar-refractivity contribution in [2.75, 3.05) is 39.1 Å². The summed E-state index contributed by atoms with van der Waals surface area (Å²) in [5, 5.41) is 8.10. The quantitative estimate of drug-likeness (QED) is 0.471. The van der Waals surface area contributed by atoms with Crippen molar-refractivity contribution in [1.82, 2.24) is 30.0 Å². The lowest BCUT2D eigenvalue weighted by molar-refractivity contribution is 0.195. The second-order valence-electron chi connectivity index (χ2n) is 8.75. The van der Waals surface area contributed by atoms with Crippen LogP contribution in [-0.2, 0) is 5.54 Å². The van der Waals surface area contributed by atoms with Crippen LogP contribution in [0.3, 0.4) is 0 Å². The van der Waals surface area contributed by atoms with Gasteiger partial charge in [0, 0.05) is 13.1 Å². The molecule has 1 fully saturated rings. The fourth-order valence-electron chi connectivity index (χ4n) is 4.85. The Hall–Kier alpha value is -3.63. The SMILES string of the molecule is CNC1(c2ccc(F)cc2)CN(c2nc3c(cnn3-c3ccc(F)cc3)c(=O)[nH]2)CC1N(C)C. The van der Waals surface area contributed by atoms with Crippen molar-refractivity contribution >= 4 is 17.0 Å². The van der Waals surface area contributed by atoms with E-state index in [0.29, 0.717) is 35.8 Å². The molecule has 1 saturated heterocycles. The van der Waals surface area contributed by atoms with Crippen LogP contribution in [-0.4, -0.2) is 64.9 Å². The van der Waals surface area contributed by atoms with E-state index in [1.807, 2.05) is 26.0 Å². The van der Waals surface area contributed by atoms with E-state index in [-0.39, 0.29) is 23.2 Å². The number of rotatable bonds is 5. The predicted molar refractivity (Wildman–Crippen MR) is 126 cm³/mol. The van der Waals surface area contributed by atoms with Crippen LogP contribution in [0.1, 0.15) is 5.56 Å². The van der Waals surface area contributed by atoms with Crippen molar-refractivity contribution in [3.05, 3.63) is 82.3 Å². The summed E-state index contributed by atoms with van der Waals surface area (Å²) in [5.41, 5.74) is 1.09. The molecule has 1 aliphatic rings. The molecule has 2 aromatic carbocycles. The van der Waals surface area contributed by atoms with Crippen LogP contribution >= 0.6 is 0 Å². The Morgan fingerprint density at radius 3 is 2.35 bits per heavy atom. The maximum absolute atomic E-state index is 13.6. The predicted octanol–water partition coefficient (Wildman–Crippen LogP) is 2.25. The molecule has 8 nitrogen and oxygen atoms in total. The number of nitrogens with zero attached hydrogens (tertiary/aromatic N) is 5. The standard InChI is InChI=1S/C24H25F2N7O/c1-27-24(15-4-6-16(25)7-5-15)14-32(13-20(24)31(2)3)23-29-21-19(22(34)30-23)12-28-33(21)18-10-8-17(26)9-11-18/h4-12,20,27H,13-14H2,1-3H3,(H,29,30,34). The van der Waals surface area contributed by atoms with E-state index >= 15 is 0 Å². The Kier molecular flexibility index (Phi) is 5.41. The smallest absolute Gasteiger partial charge is 0.263 e. The number of halogens is 2. The lowest BCUT2D eigenvalue weighted by Gasteiger charge is -2.38. The maximum atomic E-state index is 13.6. The molecule has 2 N–H and O–H groups in total. The number of hydrogen-bond acceptors (Lipinski definition) is 6. The number of anilines is 1. The summed E-state index contributed by atoms with van der Waals surface area (Å²) in [6, 6.07) is 12.3. The molecule has 5 rings (SSSR count). The van der Waals surface area contributed by atoms with Gasteiger partial charge in [-0.05, 0) is 63.1 Å². The Labute approximate surface area is 194 Å². The van der Waals surface area contributed by atoms with Gasteiger partial charge in [0.2, 0.25) is 5.95 Å². The second-order valence-corrected chi connectivity index (χ2v) is 8.75. The molecule has 0 radical (unpaired) electrons. The summed E-state index contributed by atoms with van der Waals surface area (Å²) >= 11 is 0. The van der Waals surface area contributed by atoms with Gasteiger partial charge in [-0.2, -0.15) is 10.1 Å². The number of H-pyrrole nitrogens is 1. The van der Waals surface area contributed by atoms with E-state index < -0.39 is 5.54 Å². The van der Waals surface area contributed by atoms with Crippen molar-refractivity contribution in [2.45, 2.75) is 11.6 Å². The van der Waals surface area contributed by atoms with Crippen LogP contribution in [0.2, 0.25) is 0 Å². The van der Waals surface area contributed by atoms with E-state index in [0.717, 1.165) is 5.56 Å². The molecule has 176 valence electrons. The highest BCUT2D eigenvalue weighted by Crippen LogP contribution is 2.36. The fourth-order valence-corrected chi connectivity index (χ4v) is 4.85. The molecule has 0 amide bonds. The van der Waals surface area contributed by atoms with Gasteiger partial charge in [-0.15, -0.1) is 0 Å². The average molecular weight is 466 g/mol. The normalized spacial score (nSPS) is 20.5. The molecule has 2 aromatic heterocycles. The minimum absolute atomic E-state index is 0.00553. The van der Waals surface area contributed by atoms with Crippen molar-refractivity contribution in [1.29, 1.82) is 0 Å². The molecule has 0 aliphatic carbocycles. The van der Waals surface area contributed by atoms with Crippen LogP contribution in [0, 0.1) is 11.6 Å². The number of nitrogens with one attached hydrogen (secondary N) is 2. The van der Waals surface area contributed by atoms with E-state index in [4.69, 9.17) is 4.98 Å². The van der Waals surface area contributed by atoms with Gasteiger partial charge in [0.25, 0.3) is 5.56 Å². The van der Waals surface area contributed by atoms with Gasteiger partial charge in [0.05, 0.1) is 23.5 Å². The van der Waals surface area contributed by atoms with Crippen LogP contribution in [0.5, 0.6) is 0 Å². The summed E-state index contributed by atoms with van der Waals surface area (Å²) in [6.45, 7) is 1.07. The third-order valence-electron chi connectivity index (χ3n) is 6.63. The van der Waals surface area contributed by atoms with Crippen molar-refractivity contribution in [3.8, 4) is 5.69 Å². The first kappa shape index (κ1) is 22.2. The first-order valence-electron chi connectivity index (χ1n) is 10.9. The molecule has 0 spiro atoms. The van der Waals surface area contributed by atoms with Gasteiger partial charge in [0.1, 0.15) is 17.0 Å². The van der Waals surface area contributed by atoms with Gasteiger partial charge in [-0.1, -0.05) is 12.1 Å². The van der Waals surface area contributed by atoms with E-state index in [1.54, 1.807) is 24.3 Å². The van der Waals surface area contributed by atoms with Crippen molar-refractivity contribution in [2.24, 2.45) is 0 Å². The molecule has 1 aliphatic heterocycles. The number of likely N-dealkylation sites (N-methyl/N-ethyl adjacent to an activating group) is 2. The van der Waals surface area contributed by atoms with E-state index in [2.05, 4.69) is 20.3 Å². The number of hydrogen-bond donors (Lipinski definition) is 2. The highest BCUT2D eigenvalue weighted by Gasteiger charge is 2.48. The molecular formula is C24H25F2N7O. The molecule has 0 bridgehead atoms. The number of fused-ring (bicyclic) bond motifs is 1. The molecule has 34 heavy (non-hydrogen) atoms. The van der Waals surface area contributed by atoms with E-state index in [9.17, 15) is 13.6 Å². The molecule has 4 aromatic rings. The summed E-state index contributed by atoms with van der Waals surface area (Å²) in [6.07, 6.45) is 1.46. The van der Waals surface area contributed by atoms with Crippen LogP contribution in [0.25, 0.3) is 16.7 Å². The van der Waals surface area contributed by atoms with Crippen LogP contribution in [0.4, 0.5) is 14.7 Å². The average Bonchev–Trinajstić information content (AvgIpc) is 3.43. The van der Waals surface area contributed by atoms with Gasteiger partial charge >= 0.3 is 0 Å². The Morgan fingerprint density at radius 1 is 1.09 bits per heavy atom. The highest BCUT2D eigenvalue weighted by molar-refractivity contribution is 5.76. The third kappa shape index (κ3) is 3.55. The first-order chi connectivity index (χ1) is 16.3. The number of aromatic nitrogens is 4. The zero-order valence-corrected chi connectivity index (χ0v) is 19.1. The topological polar surface area (TPSA) is 82.1 Å². The lowest BCUT2D eigenvalue weighted by Crippen LogP contribution is -2.55. The summed E-state index contributed by atoms with van der Waals surface area (Å²) < 4.78 is 28.6. The van der Waals surface area contributed by atoms with Gasteiger partial charge in [-0.3, -0.25) is 9.78 Å². The minimum Gasteiger partial charge on any atom is -0.338 e.